The smallest absolute Gasteiger partial charge is 0.229 e. The van der Waals surface area contributed by atoms with Gasteiger partial charge in [0.2, 0.25) is 5.91 Å². The second-order valence-corrected chi connectivity index (χ2v) is 5.52. The van der Waals surface area contributed by atoms with Gasteiger partial charge in [-0.1, -0.05) is 30.3 Å². The fraction of sp³-hybridized carbons (Fsp3) is 0.562. The fourth-order valence-corrected chi connectivity index (χ4v) is 2.64. The molecule has 1 aliphatic heterocycles. The summed E-state index contributed by atoms with van der Waals surface area (Å²) in [5.74, 6) is -0.275. The molecule has 0 spiro atoms. The molecule has 0 bridgehead atoms. The molecule has 1 saturated heterocycles. The molecule has 132 valence electrons. The first-order valence-corrected chi connectivity index (χ1v) is 7.56. The Morgan fingerprint density at radius 3 is 2.43 bits per heavy atom. The van der Waals surface area contributed by atoms with Gasteiger partial charge in [0.25, 0.3) is 0 Å². The average molecular weight is 364 g/mol. The van der Waals surface area contributed by atoms with Gasteiger partial charge >= 0.3 is 0 Å². The molecule has 2 atom stereocenters. The highest BCUT2D eigenvalue weighted by molar-refractivity contribution is 5.85. The summed E-state index contributed by atoms with van der Waals surface area (Å²) in [6.45, 7) is 6.61. The monoisotopic (exact) mass is 363 g/mol. The third-order valence-electron chi connectivity index (χ3n) is 3.78. The fourth-order valence-electron chi connectivity index (χ4n) is 2.64. The Bertz CT molecular complexity index is 442. The van der Waals surface area contributed by atoms with Crippen LogP contribution in [0.5, 0.6) is 0 Å². The molecule has 1 heterocycles. The molecular formula is C16H27Cl2N3O2. The quantitative estimate of drug-likeness (QED) is 0.801. The largest absolute Gasteiger partial charge is 0.379 e. The standard InChI is InChI=1S/C16H25N3O2.2ClH/c1-13(12-19-7-9-21-10-8-19)18-16(20)15(11-17)14-5-3-2-4-6-14;;/h2-6,13,15H,7-12,17H2,1H3,(H,18,20);2*1H. The highest BCUT2D eigenvalue weighted by Crippen LogP contribution is 2.14. The van der Waals surface area contributed by atoms with Crippen LogP contribution in [0.1, 0.15) is 18.4 Å². The minimum atomic E-state index is -0.279. The number of hydrogen-bond donors (Lipinski definition) is 2. The molecule has 7 heteroatoms. The maximum absolute atomic E-state index is 12.4. The number of ether oxygens (including phenoxy) is 1. The first-order chi connectivity index (χ1) is 10.2. The van der Waals surface area contributed by atoms with Gasteiger partial charge in [-0.05, 0) is 12.5 Å². The van der Waals surface area contributed by atoms with Crippen LogP contribution in [0.15, 0.2) is 30.3 Å². The molecule has 1 amide bonds. The molecule has 1 fully saturated rings. The van der Waals surface area contributed by atoms with Crippen LogP contribution in [-0.4, -0.2) is 56.2 Å². The minimum Gasteiger partial charge on any atom is -0.379 e. The van der Waals surface area contributed by atoms with Crippen LogP contribution < -0.4 is 11.1 Å². The minimum absolute atomic E-state index is 0. The van der Waals surface area contributed by atoms with Gasteiger partial charge in [-0.3, -0.25) is 9.69 Å². The number of halogens is 2. The molecule has 0 radical (unpaired) electrons. The normalized spacial score (nSPS) is 17.3. The van der Waals surface area contributed by atoms with E-state index in [4.69, 9.17) is 10.5 Å². The lowest BCUT2D eigenvalue weighted by molar-refractivity contribution is -0.123. The van der Waals surface area contributed by atoms with E-state index in [0.717, 1.165) is 38.4 Å². The van der Waals surface area contributed by atoms with Crippen LogP contribution >= 0.6 is 24.8 Å². The van der Waals surface area contributed by atoms with E-state index in [1.807, 2.05) is 37.3 Å². The average Bonchev–Trinajstić information content (AvgIpc) is 2.50. The zero-order chi connectivity index (χ0) is 15.1. The molecule has 0 aromatic heterocycles. The van der Waals surface area contributed by atoms with Crippen LogP contribution in [0.4, 0.5) is 0 Å². The molecule has 23 heavy (non-hydrogen) atoms. The lowest BCUT2D eigenvalue weighted by Crippen LogP contribution is -2.47. The number of nitrogens with zero attached hydrogens (tertiary/aromatic N) is 1. The van der Waals surface area contributed by atoms with E-state index >= 15 is 0 Å². The van der Waals surface area contributed by atoms with Crippen molar-refractivity contribution in [2.45, 2.75) is 18.9 Å². The third kappa shape index (κ3) is 7.06. The van der Waals surface area contributed by atoms with Gasteiger partial charge in [0.1, 0.15) is 0 Å². The summed E-state index contributed by atoms with van der Waals surface area (Å²) in [5, 5.41) is 3.08. The topological polar surface area (TPSA) is 67.6 Å². The lowest BCUT2D eigenvalue weighted by atomic mass is 9.98. The first-order valence-electron chi connectivity index (χ1n) is 7.56. The van der Waals surface area contributed by atoms with Crippen molar-refractivity contribution in [2.75, 3.05) is 39.4 Å². The Hall–Kier alpha value is -0.850. The highest BCUT2D eigenvalue weighted by Gasteiger charge is 2.21. The van der Waals surface area contributed by atoms with Gasteiger partial charge < -0.3 is 15.8 Å². The van der Waals surface area contributed by atoms with Crippen molar-refractivity contribution in [3.63, 3.8) is 0 Å². The Balaban J connectivity index is 0.00000242. The third-order valence-corrected chi connectivity index (χ3v) is 3.78. The number of benzene rings is 1. The lowest BCUT2D eigenvalue weighted by Gasteiger charge is -2.30. The molecule has 1 aromatic rings. The number of morpholine rings is 1. The maximum Gasteiger partial charge on any atom is 0.229 e. The number of carbonyl (C=O) groups excluding carboxylic acids is 1. The van der Waals surface area contributed by atoms with Crippen molar-refractivity contribution in [1.29, 1.82) is 0 Å². The number of nitrogens with two attached hydrogens (primary N) is 1. The van der Waals surface area contributed by atoms with Crippen LogP contribution in [0.3, 0.4) is 0 Å². The van der Waals surface area contributed by atoms with Gasteiger partial charge in [0.15, 0.2) is 0 Å². The van der Waals surface area contributed by atoms with Gasteiger partial charge in [0, 0.05) is 32.2 Å². The molecule has 1 aliphatic rings. The summed E-state index contributed by atoms with van der Waals surface area (Å²) in [6, 6.07) is 9.81. The van der Waals surface area contributed by atoms with Gasteiger partial charge in [-0.2, -0.15) is 0 Å². The Kier molecular flexibility index (Phi) is 11.2. The Morgan fingerprint density at radius 1 is 1.26 bits per heavy atom. The van der Waals surface area contributed by atoms with Crippen molar-refractivity contribution in [1.82, 2.24) is 10.2 Å². The Labute approximate surface area is 150 Å². The molecular weight excluding hydrogens is 337 g/mol. The first kappa shape index (κ1) is 22.1. The predicted octanol–water partition coefficient (Wildman–Crippen LogP) is 1.41. The van der Waals surface area contributed by atoms with Crippen LogP contribution in [-0.2, 0) is 9.53 Å². The van der Waals surface area contributed by atoms with E-state index in [1.54, 1.807) is 0 Å². The molecule has 0 saturated carbocycles. The Morgan fingerprint density at radius 2 is 1.87 bits per heavy atom. The van der Waals surface area contributed by atoms with Crippen LogP contribution in [0.2, 0.25) is 0 Å². The maximum atomic E-state index is 12.4. The number of amides is 1. The van der Waals surface area contributed by atoms with Gasteiger partial charge in [0.05, 0.1) is 19.1 Å². The molecule has 2 unspecified atom stereocenters. The summed E-state index contributed by atoms with van der Waals surface area (Å²) in [4.78, 5) is 14.7. The second-order valence-electron chi connectivity index (χ2n) is 5.52. The van der Waals surface area contributed by atoms with Gasteiger partial charge in [-0.15, -0.1) is 24.8 Å². The van der Waals surface area contributed by atoms with E-state index in [1.165, 1.54) is 0 Å². The predicted molar refractivity (Wildman–Crippen MR) is 97.6 cm³/mol. The molecule has 0 aliphatic carbocycles. The van der Waals surface area contributed by atoms with E-state index < -0.39 is 0 Å². The molecule has 1 aromatic carbocycles. The van der Waals surface area contributed by atoms with Crippen molar-refractivity contribution in [3.05, 3.63) is 35.9 Å². The molecule has 5 nitrogen and oxygen atoms in total. The van der Waals surface area contributed by atoms with Crippen molar-refractivity contribution >= 4 is 30.7 Å². The number of nitrogens with one attached hydrogen (secondary N) is 1. The SMILES string of the molecule is CC(CN1CCOCC1)NC(=O)C(CN)c1ccccc1.Cl.Cl. The zero-order valence-electron chi connectivity index (χ0n) is 13.4. The van der Waals surface area contributed by atoms with E-state index in [9.17, 15) is 4.79 Å². The summed E-state index contributed by atoms with van der Waals surface area (Å²) in [7, 11) is 0. The highest BCUT2D eigenvalue weighted by atomic mass is 35.5. The summed E-state index contributed by atoms with van der Waals surface area (Å²) in [6.07, 6.45) is 0. The second kappa shape index (κ2) is 11.6. The van der Waals surface area contributed by atoms with E-state index in [2.05, 4.69) is 10.2 Å². The van der Waals surface area contributed by atoms with E-state index in [-0.39, 0.29) is 42.7 Å². The summed E-state index contributed by atoms with van der Waals surface area (Å²) < 4.78 is 5.33. The summed E-state index contributed by atoms with van der Waals surface area (Å²) in [5.41, 5.74) is 6.75. The number of hydrogen-bond acceptors (Lipinski definition) is 4. The number of rotatable bonds is 6. The van der Waals surface area contributed by atoms with Crippen LogP contribution in [0.25, 0.3) is 0 Å². The number of carbonyl (C=O) groups is 1. The van der Waals surface area contributed by atoms with E-state index in [0.29, 0.717) is 6.54 Å². The van der Waals surface area contributed by atoms with Crippen molar-refractivity contribution in [3.8, 4) is 0 Å². The zero-order valence-corrected chi connectivity index (χ0v) is 15.1. The van der Waals surface area contributed by atoms with Crippen molar-refractivity contribution < 1.29 is 9.53 Å². The van der Waals surface area contributed by atoms with Crippen LogP contribution in [0, 0.1) is 0 Å². The molecule has 2 rings (SSSR count). The van der Waals surface area contributed by atoms with Gasteiger partial charge in [-0.25, -0.2) is 0 Å². The summed E-state index contributed by atoms with van der Waals surface area (Å²) >= 11 is 0. The molecule has 3 N–H and O–H groups in total. The van der Waals surface area contributed by atoms with Crippen molar-refractivity contribution in [2.24, 2.45) is 5.73 Å².